The predicted molar refractivity (Wildman–Crippen MR) is 79.1 cm³/mol. The summed E-state index contributed by atoms with van der Waals surface area (Å²) in [4.78, 5) is 10.9. The Kier molecular flexibility index (Phi) is 4.00. The summed E-state index contributed by atoms with van der Waals surface area (Å²) in [6, 6.07) is 12.1. The van der Waals surface area contributed by atoms with Gasteiger partial charge in [0.15, 0.2) is 0 Å². The Morgan fingerprint density at radius 3 is 2.47 bits per heavy atom. The minimum atomic E-state index is 0.271. The van der Waals surface area contributed by atoms with Crippen molar-refractivity contribution < 1.29 is 0 Å². The lowest BCUT2D eigenvalue weighted by Crippen LogP contribution is -2.19. The quantitative estimate of drug-likeness (QED) is 0.914. The third-order valence-corrected chi connectivity index (χ3v) is 2.92. The van der Waals surface area contributed by atoms with Crippen LogP contribution in [-0.2, 0) is 6.54 Å². The Balaban J connectivity index is 2.21. The molecule has 0 unspecified atom stereocenters. The fraction of sp³-hybridized carbons (Fsp3) is 0.333. The molecule has 19 heavy (non-hydrogen) atoms. The van der Waals surface area contributed by atoms with Crippen LogP contribution in [-0.4, -0.2) is 17.0 Å². The number of nitrogens with two attached hydrogens (primary N) is 1. The number of anilines is 2. The number of nitrogen functional groups attached to an aromatic ring is 1. The van der Waals surface area contributed by atoms with E-state index in [1.807, 2.05) is 31.3 Å². The summed E-state index contributed by atoms with van der Waals surface area (Å²) < 4.78 is 0. The maximum atomic E-state index is 5.85. The van der Waals surface area contributed by atoms with Crippen LogP contribution in [0.2, 0.25) is 0 Å². The van der Waals surface area contributed by atoms with Crippen molar-refractivity contribution in [3.63, 3.8) is 0 Å². The van der Waals surface area contributed by atoms with Gasteiger partial charge in [0.2, 0.25) is 0 Å². The van der Waals surface area contributed by atoms with Crippen LogP contribution in [0.3, 0.4) is 0 Å². The highest BCUT2D eigenvalue weighted by Gasteiger charge is 2.10. The van der Waals surface area contributed by atoms with Crippen molar-refractivity contribution in [1.82, 2.24) is 9.97 Å². The van der Waals surface area contributed by atoms with Crippen molar-refractivity contribution in [1.29, 1.82) is 0 Å². The second-order valence-corrected chi connectivity index (χ2v) is 5.01. The van der Waals surface area contributed by atoms with Gasteiger partial charge in [-0.3, -0.25) is 0 Å². The van der Waals surface area contributed by atoms with E-state index in [0.717, 1.165) is 18.2 Å². The molecule has 0 aliphatic carbocycles. The first-order chi connectivity index (χ1) is 9.06. The van der Waals surface area contributed by atoms with Crippen molar-refractivity contribution in [3.05, 3.63) is 47.8 Å². The summed E-state index contributed by atoms with van der Waals surface area (Å²) >= 11 is 0. The Labute approximate surface area is 114 Å². The number of nitrogens with zero attached hydrogens (tertiary/aromatic N) is 3. The summed E-state index contributed by atoms with van der Waals surface area (Å²) in [6.07, 6.45) is 0. The Morgan fingerprint density at radius 2 is 1.84 bits per heavy atom. The maximum Gasteiger partial charge on any atom is 0.135 e. The van der Waals surface area contributed by atoms with E-state index in [2.05, 4.69) is 40.8 Å². The van der Waals surface area contributed by atoms with E-state index in [1.165, 1.54) is 5.56 Å². The molecular weight excluding hydrogens is 236 g/mol. The average Bonchev–Trinajstić information content (AvgIpc) is 2.39. The molecule has 0 radical (unpaired) electrons. The van der Waals surface area contributed by atoms with Gasteiger partial charge in [-0.1, -0.05) is 44.2 Å². The number of hydrogen-bond donors (Lipinski definition) is 1. The van der Waals surface area contributed by atoms with Gasteiger partial charge >= 0.3 is 0 Å². The van der Waals surface area contributed by atoms with Gasteiger partial charge < -0.3 is 10.6 Å². The number of benzene rings is 1. The van der Waals surface area contributed by atoms with E-state index < -0.39 is 0 Å². The fourth-order valence-electron chi connectivity index (χ4n) is 1.86. The van der Waals surface area contributed by atoms with Crippen LogP contribution in [0, 0.1) is 0 Å². The third-order valence-electron chi connectivity index (χ3n) is 2.92. The highest BCUT2D eigenvalue weighted by Crippen LogP contribution is 2.19. The molecule has 0 amide bonds. The normalized spacial score (nSPS) is 10.7. The van der Waals surface area contributed by atoms with E-state index in [9.17, 15) is 0 Å². The standard InChI is InChI=1S/C15H20N4/c1-11(2)15-17-13(16)9-14(18-15)19(3)10-12-7-5-4-6-8-12/h4-9,11H,10H2,1-3H3,(H2,16,17,18). The van der Waals surface area contributed by atoms with E-state index in [4.69, 9.17) is 5.73 Å². The largest absolute Gasteiger partial charge is 0.384 e. The Hall–Kier alpha value is -2.10. The van der Waals surface area contributed by atoms with Gasteiger partial charge in [-0.15, -0.1) is 0 Å². The molecule has 0 aliphatic heterocycles. The molecule has 1 aromatic heterocycles. The van der Waals surface area contributed by atoms with Crippen LogP contribution in [0.15, 0.2) is 36.4 Å². The molecule has 1 heterocycles. The molecule has 0 saturated heterocycles. The van der Waals surface area contributed by atoms with Gasteiger partial charge in [-0.2, -0.15) is 0 Å². The van der Waals surface area contributed by atoms with Crippen LogP contribution >= 0.6 is 0 Å². The third kappa shape index (κ3) is 3.44. The molecule has 2 aromatic rings. The number of hydrogen-bond acceptors (Lipinski definition) is 4. The molecular formula is C15H20N4. The number of rotatable bonds is 4. The molecule has 0 bridgehead atoms. The molecule has 2 rings (SSSR count). The topological polar surface area (TPSA) is 55.0 Å². The zero-order valence-electron chi connectivity index (χ0n) is 11.7. The molecule has 2 N–H and O–H groups in total. The molecule has 0 aliphatic rings. The van der Waals surface area contributed by atoms with Crippen LogP contribution < -0.4 is 10.6 Å². The van der Waals surface area contributed by atoms with Crippen molar-refractivity contribution in [2.75, 3.05) is 17.7 Å². The zero-order valence-corrected chi connectivity index (χ0v) is 11.7. The first-order valence-corrected chi connectivity index (χ1v) is 6.46. The minimum absolute atomic E-state index is 0.271. The first kappa shape index (κ1) is 13.3. The van der Waals surface area contributed by atoms with Crippen LogP contribution in [0.5, 0.6) is 0 Å². The van der Waals surface area contributed by atoms with Crippen molar-refractivity contribution >= 4 is 11.6 Å². The van der Waals surface area contributed by atoms with E-state index in [1.54, 1.807) is 0 Å². The second kappa shape index (κ2) is 5.69. The van der Waals surface area contributed by atoms with Crippen LogP contribution in [0.25, 0.3) is 0 Å². The molecule has 4 heteroatoms. The lowest BCUT2D eigenvalue weighted by atomic mass is 10.2. The van der Waals surface area contributed by atoms with E-state index in [-0.39, 0.29) is 5.92 Å². The summed E-state index contributed by atoms with van der Waals surface area (Å²) in [7, 11) is 2.01. The van der Waals surface area contributed by atoms with Gasteiger partial charge in [-0.25, -0.2) is 9.97 Å². The lowest BCUT2D eigenvalue weighted by Gasteiger charge is -2.19. The average molecular weight is 256 g/mol. The SMILES string of the molecule is CC(C)c1nc(N)cc(N(C)Cc2ccccc2)n1. The van der Waals surface area contributed by atoms with Crippen molar-refractivity contribution in [3.8, 4) is 0 Å². The molecule has 100 valence electrons. The van der Waals surface area contributed by atoms with E-state index >= 15 is 0 Å². The van der Waals surface area contributed by atoms with Gasteiger partial charge in [0, 0.05) is 25.6 Å². The lowest BCUT2D eigenvalue weighted by molar-refractivity contribution is 0.765. The molecule has 4 nitrogen and oxygen atoms in total. The molecule has 0 spiro atoms. The molecule has 0 atom stereocenters. The number of aromatic nitrogens is 2. The van der Waals surface area contributed by atoms with Crippen molar-refractivity contribution in [2.24, 2.45) is 0 Å². The van der Waals surface area contributed by atoms with Gasteiger partial charge in [0.25, 0.3) is 0 Å². The van der Waals surface area contributed by atoms with Crippen LogP contribution in [0.4, 0.5) is 11.6 Å². The second-order valence-electron chi connectivity index (χ2n) is 5.01. The molecule has 0 saturated carbocycles. The highest BCUT2D eigenvalue weighted by molar-refractivity contribution is 5.47. The summed E-state index contributed by atoms with van der Waals surface area (Å²) in [5.41, 5.74) is 7.09. The Bertz CT molecular complexity index is 537. The van der Waals surface area contributed by atoms with Crippen LogP contribution in [0.1, 0.15) is 31.2 Å². The zero-order chi connectivity index (χ0) is 13.8. The Morgan fingerprint density at radius 1 is 1.16 bits per heavy atom. The summed E-state index contributed by atoms with van der Waals surface area (Å²) in [5.74, 6) is 2.44. The fourth-order valence-corrected chi connectivity index (χ4v) is 1.86. The summed E-state index contributed by atoms with van der Waals surface area (Å²) in [6.45, 7) is 4.93. The predicted octanol–water partition coefficient (Wildman–Crippen LogP) is 2.82. The van der Waals surface area contributed by atoms with Gasteiger partial charge in [-0.05, 0) is 5.56 Å². The van der Waals surface area contributed by atoms with Gasteiger partial charge in [0.1, 0.15) is 17.5 Å². The molecule has 0 fully saturated rings. The van der Waals surface area contributed by atoms with Gasteiger partial charge in [0.05, 0.1) is 0 Å². The minimum Gasteiger partial charge on any atom is -0.384 e. The summed E-state index contributed by atoms with van der Waals surface area (Å²) in [5, 5.41) is 0. The maximum absolute atomic E-state index is 5.85. The highest BCUT2D eigenvalue weighted by atomic mass is 15.2. The molecule has 1 aromatic carbocycles. The van der Waals surface area contributed by atoms with E-state index in [0.29, 0.717) is 5.82 Å². The van der Waals surface area contributed by atoms with Crippen molar-refractivity contribution in [2.45, 2.75) is 26.3 Å². The first-order valence-electron chi connectivity index (χ1n) is 6.46. The monoisotopic (exact) mass is 256 g/mol. The smallest absolute Gasteiger partial charge is 0.135 e.